The van der Waals surface area contributed by atoms with Gasteiger partial charge in [-0.15, -0.1) is 0 Å². The molecule has 0 rings (SSSR count). The molecule has 0 heterocycles. The molecule has 0 aromatic rings. The molecule has 174 valence electrons. The van der Waals surface area contributed by atoms with Crippen molar-refractivity contribution in [1.29, 1.82) is 0 Å². The lowest BCUT2D eigenvalue weighted by atomic mass is 10.3. The number of nitrogens with one attached hydrogen (secondary N) is 6. The van der Waals surface area contributed by atoms with Crippen molar-refractivity contribution in [3.05, 3.63) is 0 Å². The van der Waals surface area contributed by atoms with Gasteiger partial charge in [0.25, 0.3) is 0 Å². The SMILES string of the molecule is CC(=O)NCC(=O)N[C@@H](C)C(=O)NCC(=O)N[C@@H](C)C(=O)NCC(=O)N[C@@H](C)C(N)=O. The summed E-state index contributed by atoms with van der Waals surface area (Å²) in [6.45, 7) is 4.20. The van der Waals surface area contributed by atoms with Crippen molar-refractivity contribution in [2.75, 3.05) is 19.6 Å². The molecule has 0 aromatic heterocycles. The third kappa shape index (κ3) is 12.5. The van der Waals surface area contributed by atoms with Crippen LogP contribution in [0.15, 0.2) is 0 Å². The Morgan fingerprint density at radius 1 is 0.613 bits per heavy atom. The summed E-state index contributed by atoms with van der Waals surface area (Å²) in [7, 11) is 0. The summed E-state index contributed by atoms with van der Waals surface area (Å²) in [5.41, 5.74) is 5.01. The standard InChI is InChI=1S/C17H29N7O7/c1-8(15(18)29)22-13(27)6-20-17(31)10(3)24-14(28)7-21-16(30)9(2)23-12(26)5-19-11(4)25/h8-10H,5-7H2,1-4H3,(H2,18,29)(H,19,25)(H,20,31)(H,21,30)(H,22,27)(H,23,26)(H,24,28)/t8-,9-,10-/m0/s1. The van der Waals surface area contributed by atoms with E-state index < -0.39 is 72.6 Å². The molecule has 0 bridgehead atoms. The molecule has 0 spiro atoms. The fourth-order valence-electron chi connectivity index (χ4n) is 1.93. The zero-order valence-corrected chi connectivity index (χ0v) is 17.8. The molecule has 3 atom stereocenters. The second kappa shape index (κ2) is 13.5. The van der Waals surface area contributed by atoms with Gasteiger partial charge in [-0.2, -0.15) is 0 Å². The molecule has 0 aliphatic rings. The molecule has 14 heteroatoms. The Kier molecular flexibility index (Phi) is 11.9. The van der Waals surface area contributed by atoms with E-state index in [0.29, 0.717) is 0 Å². The Labute approximate surface area is 178 Å². The number of hydrogen-bond donors (Lipinski definition) is 7. The zero-order chi connectivity index (χ0) is 24.1. The number of rotatable bonds is 12. The summed E-state index contributed by atoms with van der Waals surface area (Å²) in [5, 5.41) is 13.8. The number of primary amides is 1. The summed E-state index contributed by atoms with van der Waals surface area (Å²) in [5.74, 6) is -4.35. The number of hydrogen-bond acceptors (Lipinski definition) is 7. The van der Waals surface area contributed by atoms with E-state index in [2.05, 4.69) is 31.9 Å². The van der Waals surface area contributed by atoms with E-state index in [9.17, 15) is 33.6 Å². The number of nitrogens with two attached hydrogens (primary N) is 1. The largest absolute Gasteiger partial charge is 0.368 e. The number of amides is 7. The molecule has 0 fully saturated rings. The highest BCUT2D eigenvalue weighted by Gasteiger charge is 2.20. The van der Waals surface area contributed by atoms with Gasteiger partial charge in [0.05, 0.1) is 19.6 Å². The van der Waals surface area contributed by atoms with Gasteiger partial charge in [-0.05, 0) is 20.8 Å². The fraction of sp³-hybridized carbons (Fsp3) is 0.588. The molecule has 0 radical (unpaired) electrons. The van der Waals surface area contributed by atoms with Crippen molar-refractivity contribution >= 4 is 41.4 Å². The van der Waals surface area contributed by atoms with Crippen LogP contribution >= 0.6 is 0 Å². The number of carbonyl (C=O) groups is 7. The van der Waals surface area contributed by atoms with Gasteiger partial charge in [-0.25, -0.2) is 0 Å². The van der Waals surface area contributed by atoms with Crippen LogP contribution in [-0.4, -0.2) is 79.1 Å². The Bertz CT molecular complexity index is 726. The van der Waals surface area contributed by atoms with E-state index in [4.69, 9.17) is 5.73 Å². The van der Waals surface area contributed by atoms with E-state index in [-0.39, 0.29) is 6.54 Å². The second-order valence-electron chi connectivity index (χ2n) is 6.62. The summed E-state index contributed by atoms with van der Waals surface area (Å²) in [6.07, 6.45) is 0. The Morgan fingerprint density at radius 3 is 1.26 bits per heavy atom. The topological polar surface area (TPSA) is 218 Å². The number of carbonyl (C=O) groups excluding carboxylic acids is 7. The lowest BCUT2D eigenvalue weighted by Crippen LogP contribution is -2.52. The Balaban J connectivity index is 4.26. The van der Waals surface area contributed by atoms with E-state index in [1.807, 2.05) is 0 Å². The first kappa shape index (κ1) is 27.3. The van der Waals surface area contributed by atoms with Crippen molar-refractivity contribution in [1.82, 2.24) is 31.9 Å². The molecule has 8 N–H and O–H groups in total. The molecule has 14 nitrogen and oxygen atoms in total. The van der Waals surface area contributed by atoms with Crippen molar-refractivity contribution in [2.45, 2.75) is 45.8 Å². The molecule has 31 heavy (non-hydrogen) atoms. The minimum atomic E-state index is -1.01. The van der Waals surface area contributed by atoms with Gasteiger partial charge in [-0.1, -0.05) is 0 Å². The van der Waals surface area contributed by atoms with Gasteiger partial charge in [0.15, 0.2) is 0 Å². The average molecular weight is 443 g/mol. The maximum atomic E-state index is 11.9. The highest BCUT2D eigenvalue weighted by Crippen LogP contribution is 1.86. The van der Waals surface area contributed by atoms with Gasteiger partial charge in [0, 0.05) is 6.92 Å². The highest BCUT2D eigenvalue weighted by molar-refractivity contribution is 5.94. The monoisotopic (exact) mass is 443 g/mol. The minimum Gasteiger partial charge on any atom is -0.368 e. The predicted molar refractivity (Wildman–Crippen MR) is 107 cm³/mol. The van der Waals surface area contributed by atoms with Crippen LogP contribution in [0.3, 0.4) is 0 Å². The van der Waals surface area contributed by atoms with E-state index in [0.717, 1.165) is 0 Å². The van der Waals surface area contributed by atoms with Crippen LogP contribution in [0, 0.1) is 0 Å². The quantitative estimate of drug-likeness (QED) is 0.156. The normalized spacial score (nSPS) is 12.9. The summed E-state index contributed by atoms with van der Waals surface area (Å²) in [6, 6.07) is -2.88. The molecule has 7 amide bonds. The first-order valence-corrected chi connectivity index (χ1v) is 9.30. The molecular weight excluding hydrogens is 414 g/mol. The predicted octanol–water partition coefficient (Wildman–Crippen LogP) is -4.65. The molecule has 0 saturated heterocycles. The zero-order valence-electron chi connectivity index (χ0n) is 17.8. The summed E-state index contributed by atoms with van der Waals surface area (Å²) < 4.78 is 0. The van der Waals surface area contributed by atoms with Crippen LogP contribution in [-0.2, 0) is 33.6 Å². The van der Waals surface area contributed by atoms with Gasteiger partial charge < -0.3 is 37.6 Å². The van der Waals surface area contributed by atoms with Crippen molar-refractivity contribution in [3.63, 3.8) is 0 Å². The summed E-state index contributed by atoms with van der Waals surface area (Å²) >= 11 is 0. The van der Waals surface area contributed by atoms with Crippen LogP contribution in [0.25, 0.3) is 0 Å². The molecule has 0 aliphatic heterocycles. The maximum Gasteiger partial charge on any atom is 0.242 e. The molecule has 0 unspecified atom stereocenters. The Morgan fingerprint density at radius 2 is 0.935 bits per heavy atom. The third-order valence-electron chi connectivity index (χ3n) is 3.69. The average Bonchev–Trinajstić information content (AvgIpc) is 2.68. The maximum absolute atomic E-state index is 11.9. The van der Waals surface area contributed by atoms with Gasteiger partial charge in [0.2, 0.25) is 41.4 Å². The van der Waals surface area contributed by atoms with Crippen LogP contribution < -0.4 is 37.6 Å². The van der Waals surface area contributed by atoms with Gasteiger partial charge in [0.1, 0.15) is 18.1 Å². The molecular formula is C17H29N7O7. The smallest absolute Gasteiger partial charge is 0.242 e. The lowest BCUT2D eigenvalue weighted by molar-refractivity contribution is -0.132. The first-order chi connectivity index (χ1) is 14.3. The van der Waals surface area contributed by atoms with Crippen LogP contribution in [0.1, 0.15) is 27.7 Å². The highest BCUT2D eigenvalue weighted by atomic mass is 16.2. The van der Waals surface area contributed by atoms with Crippen LogP contribution in [0.2, 0.25) is 0 Å². The van der Waals surface area contributed by atoms with Gasteiger partial charge >= 0.3 is 0 Å². The second-order valence-corrected chi connectivity index (χ2v) is 6.62. The van der Waals surface area contributed by atoms with E-state index >= 15 is 0 Å². The lowest BCUT2D eigenvalue weighted by Gasteiger charge is -2.16. The molecule has 0 saturated carbocycles. The minimum absolute atomic E-state index is 0.292. The van der Waals surface area contributed by atoms with Gasteiger partial charge in [-0.3, -0.25) is 33.6 Å². The van der Waals surface area contributed by atoms with Crippen LogP contribution in [0.5, 0.6) is 0 Å². The molecule has 0 aromatic carbocycles. The van der Waals surface area contributed by atoms with E-state index in [1.54, 1.807) is 0 Å². The fourth-order valence-corrected chi connectivity index (χ4v) is 1.93. The Hall–Kier alpha value is -3.71. The van der Waals surface area contributed by atoms with Crippen molar-refractivity contribution in [3.8, 4) is 0 Å². The van der Waals surface area contributed by atoms with Crippen LogP contribution in [0.4, 0.5) is 0 Å². The first-order valence-electron chi connectivity index (χ1n) is 9.30. The van der Waals surface area contributed by atoms with Crippen molar-refractivity contribution in [2.24, 2.45) is 5.73 Å². The summed E-state index contributed by atoms with van der Waals surface area (Å²) in [4.78, 5) is 80.4. The van der Waals surface area contributed by atoms with Crippen molar-refractivity contribution < 1.29 is 33.6 Å². The third-order valence-corrected chi connectivity index (χ3v) is 3.69. The van der Waals surface area contributed by atoms with E-state index in [1.165, 1.54) is 27.7 Å². The molecule has 0 aliphatic carbocycles.